The molecule has 3 N–H and O–H groups in total. The van der Waals surface area contributed by atoms with Crippen LogP contribution in [0, 0.1) is 0 Å². The summed E-state index contributed by atoms with van der Waals surface area (Å²) < 4.78 is 5.25. The summed E-state index contributed by atoms with van der Waals surface area (Å²) in [7, 11) is 0. The van der Waals surface area contributed by atoms with Crippen molar-refractivity contribution in [2.24, 2.45) is 0 Å². The van der Waals surface area contributed by atoms with E-state index in [-0.39, 0.29) is 6.54 Å². The van der Waals surface area contributed by atoms with Crippen molar-refractivity contribution < 1.29 is 24.2 Å². The van der Waals surface area contributed by atoms with E-state index < -0.39 is 23.9 Å². The summed E-state index contributed by atoms with van der Waals surface area (Å²) in [5, 5.41) is 21.7. The van der Waals surface area contributed by atoms with Gasteiger partial charge in [-0.15, -0.1) is 0 Å². The van der Waals surface area contributed by atoms with E-state index in [4.69, 9.17) is 9.52 Å². The minimum atomic E-state index is -1.50. The largest absolute Gasteiger partial charge is 0.481 e. The molecule has 106 valence electrons. The normalized spacial score (nSPS) is 13.9. The second-order valence-electron chi connectivity index (χ2n) is 4.90. The first-order chi connectivity index (χ1) is 9.39. The number of hydrogen-bond acceptors (Lipinski definition) is 4. The molecule has 1 atom stereocenters. The van der Waals surface area contributed by atoms with Gasteiger partial charge in [0.25, 0.3) is 5.91 Å². The highest BCUT2D eigenvalue weighted by Gasteiger charge is 2.25. The molecule has 6 heteroatoms. The third kappa shape index (κ3) is 3.16. The van der Waals surface area contributed by atoms with E-state index in [0.717, 1.165) is 0 Å². The average Bonchev–Trinajstić information content (AvgIpc) is 2.78. The summed E-state index contributed by atoms with van der Waals surface area (Å²) in [5.41, 5.74) is -0.553. The van der Waals surface area contributed by atoms with Gasteiger partial charge >= 0.3 is 5.97 Å². The van der Waals surface area contributed by atoms with E-state index >= 15 is 0 Å². The fraction of sp³-hybridized carbons (Fsp3) is 0.286. The number of benzene rings is 1. The van der Waals surface area contributed by atoms with Crippen LogP contribution in [0.2, 0.25) is 0 Å². The van der Waals surface area contributed by atoms with E-state index in [2.05, 4.69) is 5.32 Å². The molecule has 0 bridgehead atoms. The molecule has 1 aromatic heterocycles. The van der Waals surface area contributed by atoms with Crippen LogP contribution in [0.25, 0.3) is 11.0 Å². The number of nitrogens with one attached hydrogen (secondary N) is 1. The van der Waals surface area contributed by atoms with Gasteiger partial charge in [0.05, 0.1) is 17.6 Å². The number of carbonyl (C=O) groups is 2. The number of para-hydroxylation sites is 1. The topological polar surface area (TPSA) is 99.8 Å². The third-order valence-electron chi connectivity index (χ3n) is 2.89. The van der Waals surface area contributed by atoms with E-state index in [0.29, 0.717) is 16.5 Å². The number of aliphatic hydroxyl groups is 1. The van der Waals surface area contributed by atoms with Crippen LogP contribution in [-0.2, 0) is 4.79 Å². The first kappa shape index (κ1) is 14.1. The van der Waals surface area contributed by atoms with E-state index in [9.17, 15) is 14.7 Å². The van der Waals surface area contributed by atoms with Crippen molar-refractivity contribution in [1.82, 2.24) is 5.32 Å². The Balaban J connectivity index is 2.07. The standard InChI is InChI=1S/C14H15NO5/c1-14(19,6-12(16)17)8-15-13(18)10-7-20-11-5-3-2-4-9(10)11/h2-5,7,19H,6,8H2,1H3,(H,15,18)(H,16,17). The van der Waals surface area contributed by atoms with Crippen LogP contribution in [0.1, 0.15) is 23.7 Å². The molecule has 0 saturated carbocycles. The molecule has 6 nitrogen and oxygen atoms in total. The number of rotatable bonds is 5. The second kappa shape index (κ2) is 5.34. The quantitative estimate of drug-likeness (QED) is 0.766. The van der Waals surface area contributed by atoms with Crippen molar-refractivity contribution in [1.29, 1.82) is 0 Å². The number of furan rings is 1. The van der Waals surface area contributed by atoms with Crippen molar-refractivity contribution in [3.63, 3.8) is 0 Å². The van der Waals surface area contributed by atoms with Crippen molar-refractivity contribution in [2.45, 2.75) is 18.9 Å². The molecule has 1 aromatic carbocycles. The zero-order chi connectivity index (χ0) is 14.8. The highest BCUT2D eigenvalue weighted by Crippen LogP contribution is 2.20. The number of fused-ring (bicyclic) bond motifs is 1. The van der Waals surface area contributed by atoms with Crippen LogP contribution in [0.5, 0.6) is 0 Å². The molecule has 0 spiro atoms. The molecule has 0 aliphatic carbocycles. The monoisotopic (exact) mass is 277 g/mol. The summed E-state index contributed by atoms with van der Waals surface area (Å²) in [6.07, 6.45) is 0.894. The Bertz CT molecular complexity index is 644. The van der Waals surface area contributed by atoms with Gasteiger partial charge < -0.3 is 19.9 Å². The number of amides is 1. The minimum Gasteiger partial charge on any atom is -0.481 e. The molecule has 2 aromatic rings. The Hall–Kier alpha value is -2.34. The van der Waals surface area contributed by atoms with Gasteiger partial charge in [0.15, 0.2) is 0 Å². The van der Waals surface area contributed by atoms with E-state index in [1.54, 1.807) is 24.3 Å². The fourth-order valence-electron chi connectivity index (χ4n) is 1.91. The summed E-state index contributed by atoms with van der Waals surface area (Å²) in [6.45, 7) is 1.20. The Morgan fingerprint density at radius 2 is 2.05 bits per heavy atom. The predicted molar refractivity (Wildman–Crippen MR) is 71.4 cm³/mol. The van der Waals surface area contributed by atoms with Gasteiger partial charge in [-0.2, -0.15) is 0 Å². The van der Waals surface area contributed by atoms with Gasteiger partial charge in [0.1, 0.15) is 11.8 Å². The average molecular weight is 277 g/mol. The second-order valence-corrected chi connectivity index (χ2v) is 4.90. The molecule has 0 radical (unpaired) electrons. The third-order valence-corrected chi connectivity index (χ3v) is 2.89. The van der Waals surface area contributed by atoms with Crippen LogP contribution in [-0.4, -0.2) is 34.2 Å². The fourth-order valence-corrected chi connectivity index (χ4v) is 1.91. The molecule has 1 unspecified atom stereocenters. The van der Waals surface area contributed by atoms with Crippen molar-refractivity contribution >= 4 is 22.8 Å². The zero-order valence-corrected chi connectivity index (χ0v) is 10.9. The Kier molecular flexibility index (Phi) is 3.76. The summed E-state index contributed by atoms with van der Waals surface area (Å²) >= 11 is 0. The summed E-state index contributed by atoms with van der Waals surface area (Å²) in [6, 6.07) is 7.08. The predicted octanol–water partition coefficient (Wildman–Crippen LogP) is 1.39. The molecule has 1 amide bonds. The lowest BCUT2D eigenvalue weighted by Gasteiger charge is -2.21. The molecule has 20 heavy (non-hydrogen) atoms. The SMILES string of the molecule is CC(O)(CNC(=O)c1coc2ccccc12)CC(=O)O. The Morgan fingerprint density at radius 1 is 1.35 bits per heavy atom. The van der Waals surface area contributed by atoms with Gasteiger partial charge in [-0.1, -0.05) is 18.2 Å². The van der Waals surface area contributed by atoms with E-state index in [1.807, 2.05) is 0 Å². The first-order valence-electron chi connectivity index (χ1n) is 6.08. The van der Waals surface area contributed by atoms with Gasteiger partial charge in [-0.3, -0.25) is 9.59 Å². The molecule has 1 heterocycles. The smallest absolute Gasteiger partial charge is 0.306 e. The summed E-state index contributed by atoms with van der Waals surface area (Å²) in [5.74, 6) is -1.54. The number of aliphatic carboxylic acids is 1. The summed E-state index contributed by atoms with van der Waals surface area (Å²) in [4.78, 5) is 22.6. The molecule has 0 fully saturated rings. The van der Waals surface area contributed by atoms with Gasteiger partial charge in [0, 0.05) is 11.9 Å². The molecule has 0 saturated heterocycles. The molecule has 0 aliphatic rings. The van der Waals surface area contributed by atoms with Crippen LogP contribution >= 0.6 is 0 Å². The molecular formula is C14H15NO5. The lowest BCUT2D eigenvalue weighted by Crippen LogP contribution is -2.42. The molecule has 2 rings (SSSR count). The van der Waals surface area contributed by atoms with Crippen molar-refractivity contribution in [3.8, 4) is 0 Å². The Labute approximate surface area is 115 Å². The lowest BCUT2D eigenvalue weighted by molar-refractivity contribution is -0.141. The number of carbonyl (C=O) groups excluding carboxylic acids is 1. The highest BCUT2D eigenvalue weighted by atomic mass is 16.4. The van der Waals surface area contributed by atoms with Crippen molar-refractivity contribution in [2.75, 3.05) is 6.54 Å². The maximum absolute atomic E-state index is 12.0. The van der Waals surface area contributed by atoms with Gasteiger partial charge in [-0.05, 0) is 13.0 Å². The van der Waals surface area contributed by atoms with Crippen LogP contribution < -0.4 is 5.32 Å². The molecular weight excluding hydrogens is 262 g/mol. The van der Waals surface area contributed by atoms with Gasteiger partial charge in [-0.25, -0.2) is 0 Å². The van der Waals surface area contributed by atoms with Crippen molar-refractivity contribution in [3.05, 3.63) is 36.1 Å². The van der Waals surface area contributed by atoms with Crippen LogP contribution in [0.15, 0.2) is 34.9 Å². The Morgan fingerprint density at radius 3 is 2.75 bits per heavy atom. The lowest BCUT2D eigenvalue weighted by atomic mass is 10.0. The maximum atomic E-state index is 12.0. The zero-order valence-electron chi connectivity index (χ0n) is 10.9. The maximum Gasteiger partial charge on any atom is 0.306 e. The number of carboxylic acid groups (broad SMARTS) is 1. The van der Waals surface area contributed by atoms with Gasteiger partial charge in [0.2, 0.25) is 0 Å². The number of carboxylic acids is 1. The first-order valence-corrected chi connectivity index (χ1v) is 6.08. The van der Waals surface area contributed by atoms with Crippen LogP contribution in [0.3, 0.4) is 0 Å². The van der Waals surface area contributed by atoms with E-state index in [1.165, 1.54) is 13.2 Å². The highest BCUT2D eigenvalue weighted by molar-refractivity contribution is 6.05. The van der Waals surface area contributed by atoms with Crippen LogP contribution in [0.4, 0.5) is 0 Å². The minimum absolute atomic E-state index is 0.155. The number of hydrogen-bond donors (Lipinski definition) is 3. The molecule has 0 aliphatic heterocycles.